The highest BCUT2D eigenvalue weighted by atomic mass is 19.1. The van der Waals surface area contributed by atoms with Gasteiger partial charge in [-0.1, -0.05) is 13.0 Å². The van der Waals surface area contributed by atoms with E-state index in [-0.39, 0.29) is 5.56 Å². The van der Waals surface area contributed by atoms with Crippen LogP contribution in [0.4, 0.5) is 8.78 Å². The van der Waals surface area contributed by atoms with Gasteiger partial charge in [0, 0.05) is 5.56 Å². The molecule has 2 nitrogen and oxygen atoms in total. The van der Waals surface area contributed by atoms with Crippen molar-refractivity contribution < 1.29 is 13.2 Å². The van der Waals surface area contributed by atoms with E-state index in [2.05, 4.69) is 5.32 Å². The molecule has 1 N–H and O–H groups in total. The predicted octanol–water partition coefficient (Wildman–Crippen LogP) is 4.26. The molecular weight excluding hydrogens is 260 g/mol. The second-order valence-electron chi connectivity index (χ2n) is 4.93. The first-order valence-electron chi connectivity index (χ1n) is 6.78. The lowest BCUT2D eigenvalue weighted by atomic mass is 10.0. The van der Waals surface area contributed by atoms with Gasteiger partial charge in [0.2, 0.25) is 0 Å². The highest BCUT2D eigenvalue weighted by Crippen LogP contribution is 2.29. The quantitative estimate of drug-likeness (QED) is 0.884. The summed E-state index contributed by atoms with van der Waals surface area (Å²) in [4.78, 5) is 0. The second-order valence-corrected chi connectivity index (χ2v) is 4.93. The fourth-order valence-corrected chi connectivity index (χ4v) is 2.19. The summed E-state index contributed by atoms with van der Waals surface area (Å²) in [6, 6.07) is 5.68. The highest BCUT2D eigenvalue weighted by Gasteiger charge is 2.25. The highest BCUT2D eigenvalue weighted by molar-refractivity contribution is 5.34. The molecule has 0 amide bonds. The van der Waals surface area contributed by atoms with E-state index >= 15 is 0 Å². The Bertz CT molecular complexity index is 592. The Labute approximate surface area is 117 Å². The van der Waals surface area contributed by atoms with E-state index in [9.17, 15) is 8.78 Å². The topological polar surface area (TPSA) is 25.2 Å². The average Bonchev–Trinajstić information content (AvgIpc) is 2.84. The number of hydrogen-bond acceptors (Lipinski definition) is 2. The van der Waals surface area contributed by atoms with Crippen molar-refractivity contribution >= 4 is 0 Å². The molecule has 4 heteroatoms. The standard InChI is InChI=1S/C16H19F2NO/c1-4-9-19-16(13-8-6-11(3)20-13)14-12(17)7-5-10(2)15(14)18/h5-8,16,19H,4,9H2,1-3H3. The number of rotatable bonds is 5. The smallest absolute Gasteiger partial charge is 0.134 e. The molecule has 0 saturated carbocycles. The molecule has 0 bridgehead atoms. The maximum atomic E-state index is 14.3. The summed E-state index contributed by atoms with van der Waals surface area (Å²) in [6.45, 7) is 6.09. The molecule has 0 aliphatic rings. The van der Waals surface area contributed by atoms with E-state index in [0.29, 0.717) is 17.9 Å². The molecule has 1 unspecified atom stereocenters. The fourth-order valence-electron chi connectivity index (χ4n) is 2.19. The number of hydrogen-bond donors (Lipinski definition) is 1. The Morgan fingerprint density at radius 2 is 1.90 bits per heavy atom. The van der Waals surface area contributed by atoms with E-state index in [1.54, 1.807) is 19.1 Å². The minimum Gasteiger partial charge on any atom is -0.464 e. The molecule has 1 atom stereocenters. The van der Waals surface area contributed by atoms with Crippen LogP contribution in [-0.2, 0) is 0 Å². The van der Waals surface area contributed by atoms with Gasteiger partial charge < -0.3 is 9.73 Å². The van der Waals surface area contributed by atoms with Crippen molar-refractivity contribution in [2.45, 2.75) is 33.2 Å². The lowest BCUT2D eigenvalue weighted by molar-refractivity contribution is 0.410. The van der Waals surface area contributed by atoms with Crippen LogP contribution < -0.4 is 5.32 Å². The van der Waals surface area contributed by atoms with Crippen LogP contribution in [0.5, 0.6) is 0 Å². The minimum atomic E-state index is -0.608. The van der Waals surface area contributed by atoms with Crippen molar-refractivity contribution in [3.63, 3.8) is 0 Å². The van der Waals surface area contributed by atoms with Crippen molar-refractivity contribution in [3.8, 4) is 0 Å². The van der Waals surface area contributed by atoms with Crippen LogP contribution in [0.3, 0.4) is 0 Å². The molecule has 2 rings (SSSR count). The van der Waals surface area contributed by atoms with Crippen LogP contribution >= 0.6 is 0 Å². The van der Waals surface area contributed by atoms with Gasteiger partial charge in [-0.2, -0.15) is 0 Å². The van der Waals surface area contributed by atoms with Crippen molar-refractivity contribution in [1.29, 1.82) is 0 Å². The second kappa shape index (κ2) is 6.18. The normalized spacial score (nSPS) is 12.7. The van der Waals surface area contributed by atoms with Crippen molar-refractivity contribution in [1.82, 2.24) is 5.32 Å². The van der Waals surface area contributed by atoms with Gasteiger partial charge in [0.25, 0.3) is 0 Å². The number of benzene rings is 1. The van der Waals surface area contributed by atoms with Crippen molar-refractivity contribution in [2.75, 3.05) is 6.54 Å². The molecule has 2 aromatic rings. The van der Waals surface area contributed by atoms with Gasteiger partial charge in [0.1, 0.15) is 23.2 Å². The zero-order valence-electron chi connectivity index (χ0n) is 12.0. The molecule has 1 heterocycles. The molecule has 0 saturated heterocycles. The summed E-state index contributed by atoms with van der Waals surface area (Å²) >= 11 is 0. The molecule has 0 spiro atoms. The summed E-state index contributed by atoms with van der Waals surface area (Å²) in [6.07, 6.45) is 0.866. The average molecular weight is 279 g/mol. The zero-order valence-corrected chi connectivity index (χ0v) is 12.0. The van der Waals surface area contributed by atoms with Gasteiger partial charge >= 0.3 is 0 Å². The Kier molecular flexibility index (Phi) is 4.55. The number of halogens is 2. The van der Waals surface area contributed by atoms with Gasteiger partial charge in [-0.15, -0.1) is 0 Å². The van der Waals surface area contributed by atoms with Crippen LogP contribution in [0.25, 0.3) is 0 Å². The molecule has 0 radical (unpaired) electrons. The summed E-state index contributed by atoms with van der Waals surface area (Å²) in [5.41, 5.74) is 0.445. The van der Waals surface area contributed by atoms with Crippen molar-refractivity contribution in [2.24, 2.45) is 0 Å². The van der Waals surface area contributed by atoms with E-state index in [1.807, 2.05) is 13.8 Å². The number of nitrogens with one attached hydrogen (secondary N) is 1. The molecule has 1 aromatic heterocycles. The third-order valence-corrected chi connectivity index (χ3v) is 3.25. The molecule has 0 fully saturated rings. The van der Waals surface area contributed by atoms with E-state index in [1.165, 1.54) is 12.1 Å². The van der Waals surface area contributed by atoms with Gasteiger partial charge in [0.15, 0.2) is 0 Å². The fraction of sp³-hybridized carbons (Fsp3) is 0.375. The summed E-state index contributed by atoms with van der Waals surface area (Å²) in [5.74, 6) is 0.166. The van der Waals surface area contributed by atoms with E-state index in [0.717, 1.165) is 12.2 Å². The van der Waals surface area contributed by atoms with Gasteiger partial charge in [-0.3, -0.25) is 0 Å². The first-order valence-corrected chi connectivity index (χ1v) is 6.78. The summed E-state index contributed by atoms with van der Waals surface area (Å²) in [7, 11) is 0. The molecular formula is C16H19F2NO. The van der Waals surface area contributed by atoms with Gasteiger partial charge in [0.05, 0.1) is 6.04 Å². The number of furan rings is 1. The lowest BCUT2D eigenvalue weighted by Crippen LogP contribution is -2.25. The third kappa shape index (κ3) is 2.90. The Morgan fingerprint density at radius 1 is 1.15 bits per heavy atom. The van der Waals surface area contributed by atoms with Gasteiger partial charge in [-0.05, 0) is 50.6 Å². The Hall–Kier alpha value is -1.68. The zero-order chi connectivity index (χ0) is 14.7. The third-order valence-electron chi connectivity index (χ3n) is 3.25. The van der Waals surface area contributed by atoms with E-state index in [4.69, 9.17) is 4.42 Å². The van der Waals surface area contributed by atoms with Crippen LogP contribution in [0, 0.1) is 25.5 Å². The molecule has 1 aromatic carbocycles. The Morgan fingerprint density at radius 3 is 2.50 bits per heavy atom. The summed E-state index contributed by atoms with van der Waals surface area (Å²) in [5, 5.41) is 3.15. The molecule has 20 heavy (non-hydrogen) atoms. The predicted molar refractivity (Wildman–Crippen MR) is 74.7 cm³/mol. The monoisotopic (exact) mass is 279 g/mol. The molecule has 108 valence electrons. The first kappa shape index (κ1) is 14.7. The van der Waals surface area contributed by atoms with Crippen LogP contribution in [0.15, 0.2) is 28.7 Å². The maximum Gasteiger partial charge on any atom is 0.134 e. The van der Waals surface area contributed by atoms with Crippen LogP contribution in [-0.4, -0.2) is 6.54 Å². The van der Waals surface area contributed by atoms with E-state index < -0.39 is 17.7 Å². The molecule has 0 aliphatic heterocycles. The maximum absolute atomic E-state index is 14.3. The minimum absolute atomic E-state index is 0.0211. The Balaban J connectivity index is 2.49. The summed E-state index contributed by atoms with van der Waals surface area (Å²) < 4.78 is 33.9. The molecule has 0 aliphatic carbocycles. The van der Waals surface area contributed by atoms with Crippen molar-refractivity contribution in [3.05, 3.63) is 58.5 Å². The first-order chi connectivity index (χ1) is 9.54. The van der Waals surface area contributed by atoms with Gasteiger partial charge in [-0.25, -0.2) is 8.78 Å². The van der Waals surface area contributed by atoms with Crippen LogP contribution in [0.1, 0.15) is 42.0 Å². The lowest BCUT2D eigenvalue weighted by Gasteiger charge is -2.19. The van der Waals surface area contributed by atoms with Crippen LogP contribution in [0.2, 0.25) is 0 Å². The largest absolute Gasteiger partial charge is 0.464 e. The SMILES string of the molecule is CCCNC(c1ccc(C)o1)c1c(F)ccc(C)c1F. The number of aryl methyl sites for hydroxylation is 2.